The van der Waals surface area contributed by atoms with Gasteiger partial charge in [0.15, 0.2) is 0 Å². The Morgan fingerprint density at radius 3 is 3.17 bits per heavy atom. The maximum Gasteiger partial charge on any atom is 0.274 e. The highest BCUT2D eigenvalue weighted by molar-refractivity contribution is 5.96. The van der Waals surface area contributed by atoms with E-state index in [2.05, 4.69) is 10.3 Å². The highest BCUT2D eigenvalue weighted by Gasteiger charge is 2.30. The zero-order valence-electron chi connectivity index (χ0n) is 10.3. The maximum absolute atomic E-state index is 12.2. The number of carbonyl (C=O) groups is 2. The monoisotopic (exact) mass is 251 g/mol. The molecule has 2 heterocycles. The SMILES string of the molecule is CC1C(=O)NCCN1C(=O)c1cn(CCN)cn1. The number of aromatic nitrogens is 2. The van der Waals surface area contributed by atoms with Gasteiger partial charge in [0, 0.05) is 32.4 Å². The molecule has 3 N–H and O–H groups in total. The standard InChI is InChI=1S/C11H17N5O2/c1-8-10(17)13-3-5-16(8)11(18)9-6-15(4-2-12)7-14-9/h6-8H,2-5,12H2,1H3,(H,13,17). The van der Waals surface area contributed by atoms with Crippen molar-refractivity contribution in [2.45, 2.75) is 19.5 Å². The molecule has 7 nitrogen and oxygen atoms in total. The van der Waals surface area contributed by atoms with Gasteiger partial charge < -0.3 is 20.5 Å². The number of nitrogens with two attached hydrogens (primary N) is 1. The van der Waals surface area contributed by atoms with Crippen molar-refractivity contribution in [1.82, 2.24) is 19.8 Å². The summed E-state index contributed by atoms with van der Waals surface area (Å²) in [6.45, 7) is 3.82. The molecule has 1 saturated heterocycles. The first-order valence-electron chi connectivity index (χ1n) is 5.94. The summed E-state index contributed by atoms with van der Waals surface area (Å²) in [6.07, 6.45) is 3.24. The molecule has 2 rings (SSSR count). The summed E-state index contributed by atoms with van der Waals surface area (Å²) in [4.78, 5) is 29.3. The van der Waals surface area contributed by atoms with Crippen LogP contribution in [-0.4, -0.2) is 51.9 Å². The summed E-state index contributed by atoms with van der Waals surface area (Å²) < 4.78 is 1.77. The zero-order valence-corrected chi connectivity index (χ0v) is 10.3. The van der Waals surface area contributed by atoms with E-state index in [0.717, 1.165) is 0 Å². The maximum atomic E-state index is 12.2. The van der Waals surface area contributed by atoms with Crippen LogP contribution < -0.4 is 11.1 Å². The molecule has 0 aliphatic carbocycles. The Balaban J connectivity index is 2.12. The number of nitrogens with zero attached hydrogens (tertiary/aromatic N) is 3. The van der Waals surface area contributed by atoms with Crippen molar-refractivity contribution < 1.29 is 9.59 Å². The molecule has 1 aliphatic rings. The van der Waals surface area contributed by atoms with Crippen molar-refractivity contribution >= 4 is 11.8 Å². The van der Waals surface area contributed by atoms with E-state index in [1.54, 1.807) is 24.0 Å². The van der Waals surface area contributed by atoms with Crippen LogP contribution in [-0.2, 0) is 11.3 Å². The Morgan fingerprint density at radius 2 is 2.44 bits per heavy atom. The molecule has 1 fully saturated rings. The number of nitrogens with one attached hydrogen (secondary N) is 1. The highest BCUT2D eigenvalue weighted by Crippen LogP contribution is 2.09. The Labute approximate surface area is 105 Å². The number of carbonyl (C=O) groups excluding carboxylic acids is 2. The Hall–Kier alpha value is -1.89. The van der Waals surface area contributed by atoms with E-state index in [4.69, 9.17) is 5.73 Å². The Morgan fingerprint density at radius 1 is 1.67 bits per heavy atom. The van der Waals surface area contributed by atoms with Crippen LogP contribution in [0, 0.1) is 0 Å². The van der Waals surface area contributed by atoms with Gasteiger partial charge in [-0.1, -0.05) is 0 Å². The fourth-order valence-corrected chi connectivity index (χ4v) is 1.95. The van der Waals surface area contributed by atoms with Gasteiger partial charge in [-0.05, 0) is 6.92 Å². The van der Waals surface area contributed by atoms with E-state index in [-0.39, 0.29) is 11.8 Å². The molecule has 98 valence electrons. The zero-order chi connectivity index (χ0) is 13.1. The van der Waals surface area contributed by atoms with Gasteiger partial charge >= 0.3 is 0 Å². The lowest BCUT2D eigenvalue weighted by atomic mass is 10.2. The lowest BCUT2D eigenvalue weighted by Crippen LogP contribution is -2.55. The lowest BCUT2D eigenvalue weighted by Gasteiger charge is -2.32. The molecule has 0 bridgehead atoms. The predicted octanol–water partition coefficient (Wildman–Crippen LogP) is -1.20. The van der Waals surface area contributed by atoms with Crippen LogP contribution in [0.15, 0.2) is 12.5 Å². The van der Waals surface area contributed by atoms with Crippen LogP contribution in [0.3, 0.4) is 0 Å². The summed E-state index contributed by atoms with van der Waals surface area (Å²) in [6, 6.07) is -0.453. The van der Waals surface area contributed by atoms with Gasteiger partial charge in [0.05, 0.1) is 6.33 Å². The van der Waals surface area contributed by atoms with Crippen molar-refractivity contribution in [1.29, 1.82) is 0 Å². The van der Waals surface area contributed by atoms with Crippen LogP contribution >= 0.6 is 0 Å². The van der Waals surface area contributed by atoms with Gasteiger partial charge in [0.25, 0.3) is 5.91 Å². The molecule has 0 saturated carbocycles. The smallest absolute Gasteiger partial charge is 0.274 e. The number of hydrogen-bond donors (Lipinski definition) is 2. The van der Waals surface area contributed by atoms with Crippen molar-refractivity contribution in [2.75, 3.05) is 19.6 Å². The van der Waals surface area contributed by atoms with Crippen LogP contribution in [0.4, 0.5) is 0 Å². The van der Waals surface area contributed by atoms with Gasteiger partial charge in [-0.3, -0.25) is 9.59 Å². The van der Waals surface area contributed by atoms with Crippen molar-refractivity contribution in [3.63, 3.8) is 0 Å². The number of rotatable bonds is 3. The third-order valence-corrected chi connectivity index (χ3v) is 3.00. The molecule has 0 spiro atoms. The quantitative estimate of drug-likeness (QED) is 0.706. The van der Waals surface area contributed by atoms with Crippen LogP contribution in [0.2, 0.25) is 0 Å². The van der Waals surface area contributed by atoms with Crippen molar-refractivity contribution in [2.24, 2.45) is 5.73 Å². The second-order valence-electron chi connectivity index (χ2n) is 4.25. The second-order valence-corrected chi connectivity index (χ2v) is 4.25. The predicted molar refractivity (Wildman–Crippen MR) is 64.8 cm³/mol. The molecule has 7 heteroatoms. The van der Waals surface area contributed by atoms with Crippen molar-refractivity contribution in [3.05, 3.63) is 18.2 Å². The average Bonchev–Trinajstić information content (AvgIpc) is 2.81. The van der Waals surface area contributed by atoms with E-state index >= 15 is 0 Å². The summed E-state index contributed by atoms with van der Waals surface area (Å²) in [5.74, 6) is -0.343. The van der Waals surface area contributed by atoms with Gasteiger partial charge in [-0.15, -0.1) is 0 Å². The summed E-state index contributed by atoms with van der Waals surface area (Å²) >= 11 is 0. The minimum absolute atomic E-state index is 0.129. The molecule has 1 aliphatic heterocycles. The molecule has 18 heavy (non-hydrogen) atoms. The largest absolute Gasteiger partial charge is 0.353 e. The van der Waals surface area contributed by atoms with Crippen LogP contribution in [0.5, 0.6) is 0 Å². The van der Waals surface area contributed by atoms with E-state index < -0.39 is 6.04 Å². The molecule has 1 aromatic heterocycles. The van der Waals surface area contributed by atoms with E-state index in [9.17, 15) is 9.59 Å². The van der Waals surface area contributed by atoms with Gasteiger partial charge in [0.2, 0.25) is 5.91 Å². The number of piperazine rings is 1. The van der Waals surface area contributed by atoms with Crippen LogP contribution in [0.25, 0.3) is 0 Å². The van der Waals surface area contributed by atoms with Crippen molar-refractivity contribution in [3.8, 4) is 0 Å². The van der Waals surface area contributed by atoms with E-state index in [1.807, 2.05) is 0 Å². The second kappa shape index (κ2) is 5.18. The Bertz CT molecular complexity index is 456. The minimum Gasteiger partial charge on any atom is -0.353 e. The van der Waals surface area contributed by atoms with Crippen LogP contribution in [0.1, 0.15) is 17.4 Å². The van der Waals surface area contributed by atoms with Gasteiger partial charge in [0.1, 0.15) is 11.7 Å². The molecule has 0 aromatic carbocycles. The lowest BCUT2D eigenvalue weighted by molar-refractivity contribution is -0.127. The first-order chi connectivity index (χ1) is 8.63. The number of hydrogen-bond acceptors (Lipinski definition) is 4. The van der Waals surface area contributed by atoms with E-state index in [0.29, 0.717) is 31.9 Å². The first kappa shape index (κ1) is 12.6. The molecule has 1 atom stereocenters. The molecular formula is C11H17N5O2. The molecular weight excluding hydrogens is 234 g/mol. The number of amides is 2. The van der Waals surface area contributed by atoms with E-state index in [1.165, 1.54) is 4.90 Å². The first-order valence-corrected chi connectivity index (χ1v) is 5.94. The normalized spacial score (nSPS) is 19.8. The molecule has 1 unspecified atom stereocenters. The third-order valence-electron chi connectivity index (χ3n) is 3.00. The molecule has 0 radical (unpaired) electrons. The fourth-order valence-electron chi connectivity index (χ4n) is 1.95. The summed E-state index contributed by atoms with van der Waals surface area (Å²) in [5, 5.41) is 2.72. The molecule has 1 aromatic rings. The fraction of sp³-hybridized carbons (Fsp3) is 0.545. The highest BCUT2D eigenvalue weighted by atomic mass is 16.2. The molecule has 2 amide bonds. The topological polar surface area (TPSA) is 93.2 Å². The average molecular weight is 251 g/mol. The van der Waals surface area contributed by atoms with Gasteiger partial charge in [-0.2, -0.15) is 0 Å². The third kappa shape index (κ3) is 2.35. The summed E-state index contributed by atoms with van der Waals surface area (Å²) in [7, 11) is 0. The summed E-state index contributed by atoms with van der Waals surface area (Å²) in [5.41, 5.74) is 5.78. The van der Waals surface area contributed by atoms with Gasteiger partial charge in [-0.25, -0.2) is 4.98 Å². The Kier molecular flexibility index (Phi) is 3.61. The number of imidazole rings is 1. The minimum atomic E-state index is -0.453.